The number of aliphatic carboxylic acids is 1. The van der Waals surface area contributed by atoms with Gasteiger partial charge in [-0.2, -0.15) is 0 Å². The van der Waals surface area contributed by atoms with Crippen molar-refractivity contribution in [2.75, 3.05) is 13.2 Å². The van der Waals surface area contributed by atoms with Crippen molar-refractivity contribution >= 4 is 17.8 Å². The largest absolute Gasteiger partial charge is 0.483 e. The third-order valence-corrected chi connectivity index (χ3v) is 3.92. The molecule has 0 aromatic heterocycles. The first kappa shape index (κ1) is 20.0. The normalized spacial score (nSPS) is 11.4. The molecule has 1 unspecified atom stereocenters. The molecule has 0 fully saturated rings. The number of hydrogen-bond donors (Lipinski definition) is 3. The van der Waals surface area contributed by atoms with Crippen LogP contribution in [0.1, 0.15) is 21.5 Å². The van der Waals surface area contributed by atoms with Crippen LogP contribution in [0.3, 0.4) is 0 Å². The molecule has 4 N–H and O–H groups in total. The molecule has 2 aromatic carbocycles. The Labute approximate surface area is 157 Å². The van der Waals surface area contributed by atoms with Crippen molar-refractivity contribution in [3.63, 3.8) is 0 Å². The zero-order valence-corrected chi connectivity index (χ0v) is 15.0. The number of nitrogens with two attached hydrogens (primary N) is 1. The molecule has 0 saturated carbocycles. The summed E-state index contributed by atoms with van der Waals surface area (Å²) in [4.78, 5) is 34.9. The van der Waals surface area contributed by atoms with Crippen LogP contribution in [0.5, 0.6) is 5.75 Å². The van der Waals surface area contributed by atoms with Crippen molar-refractivity contribution in [1.29, 1.82) is 0 Å². The maximum absolute atomic E-state index is 12.4. The zero-order chi connectivity index (χ0) is 19.8. The predicted molar refractivity (Wildman–Crippen MR) is 99.5 cm³/mol. The van der Waals surface area contributed by atoms with Crippen LogP contribution in [0, 0.1) is 12.8 Å². The van der Waals surface area contributed by atoms with Crippen molar-refractivity contribution in [1.82, 2.24) is 5.32 Å². The van der Waals surface area contributed by atoms with Crippen LogP contribution in [0.15, 0.2) is 48.5 Å². The van der Waals surface area contributed by atoms with Gasteiger partial charge in [0.25, 0.3) is 11.8 Å². The lowest BCUT2D eigenvalue weighted by Gasteiger charge is -2.15. The number of carboxylic acid groups (broad SMARTS) is 1. The Balaban J connectivity index is 2.04. The Morgan fingerprint density at radius 3 is 2.56 bits per heavy atom. The molecule has 2 amide bonds. The second kappa shape index (κ2) is 9.38. The fraction of sp³-hybridized carbons (Fsp3) is 0.250. The van der Waals surface area contributed by atoms with E-state index in [-0.39, 0.29) is 24.5 Å². The molecule has 1 atom stereocenters. The van der Waals surface area contributed by atoms with Crippen molar-refractivity contribution in [3.05, 3.63) is 65.2 Å². The van der Waals surface area contributed by atoms with Gasteiger partial charge in [-0.1, -0.05) is 42.0 Å². The van der Waals surface area contributed by atoms with Gasteiger partial charge in [-0.05, 0) is 31.0 Å². The Hall–Kier alpha value is -3.35. The van der Waals surface area contributed by atoms with Gasteiger partial charge in [-0.3, -0.25) is 14.4 Å². The number of carbonyl (C=O) groups is 3. The number of amides is 2. The lowest BCUT2D eigenvalue weighted by Crippen LogP contribution is -2.34. The van der Waals surface area contributed by atoms with Gasteiger partial charge in [0, 0.05) is 6.54 Å². The van der Waals surface area contributed by atoms with Crippen LogP contribution in [0.4, 0.5) is 0 Å². The van der Waals surface area contributed by atoms with Crippen LogP contribution in [-0.4, -0.2) is 36.0 Å². The fourth-order valence-electron chi connectivity index (χ4n) is 2.61. The van der Waals surface area contributed by atoms with Crippen LogP contribution in [0.25, 0.3) is 0 Å². The Kier molecular flexibility index (Phi) is 6.93. The monoisotopic (exact) mass is 370 g/mol. The molecule has 0 saturated heterocycles. The van der Waals surface area contributed by atoms with Gasteiger partial charge in [0.2, 0.25) is 0 Å². The number of ether oxygens (including phenoxy) is 1. The number of carbonyl (C=O) groups excluding carboxylic acids is 2. The molecule has 0 aliphatic carbocycles. The first-order valence-corrected chi connectivity index (χ1v) is 8.43. The highest BCUT2D eigenvalue weighted by atomic mass is 16.5. The summed E-state index contributed by atoms with van der Waals surface area (Å²) in [6, 6.07) is 14.0. The molecule has 27 heavy (non-hydrogen) atoms. The van der Waals surface area contributed by atoms with E-state index in [4.69, 9.17) is 10.5 Å². The number of para-hydroxylation sites is 1. The van der Waals surface area contributed by atoms with Crippen LogP contribution < -0.4 is 15.8 Å². The van der Waals surface area contributed by atoms with Crippen molar-refractivity contribution < 1.29 is 24.2 Å². The summed E-state index contributed by atoms with van der Waals surface area (Å²) in [7, 11) is 0. The predicted octanol–water partition coefficient (Wildman–Crippen LogP) is 1.53. The van der Waals surface area contributed by atoms with E-state index >= 15 is 0 Å². The fourth-order valence-corrected chi connectivity index (χ4v) is 2.61. The Morgan fingerprint density at radius 1 is 1.15 bits per heavy atom. The number of hydrogen-bond acceptors (Lipinski definition) is 4. The highest BCUT2D eigenvalue weighted by Gasteiger charge is 2.20. The highest BCUT2D eigenvalue weighted by molar-refractivity contribution is 5.97. The van der Waals surface area contributed by atoms with Crippen LogP contribution in [0.2, 0.25) is 0 Å². The van der Waals surface area contributed by atoms with E-state index in [0.29, 0.717) is 6.42 Å². The number of primary amides is 1. The first-order chi connectivity index (χ1) is 12.9. The molecule has 0 bridgehead atoms. The average molecular weight is 370 g/mol. The van der Waals surface area contributed by atoms with Crippen molar-refractivity contribution in [2.45, 2.75) is 13.3 Å². The van der Waals surface area contributed by atoms with Gasteiger partial charge >= 0.3 is 5.97 Å². The average Bonchev–Trinajstić information content (AvgIpc) is 2.63. The second-order valence-electron chi connectivity index (χ2n) is 6.19. The van der Waals surface area contributed by atoms with E-state index in [9.17, 15) is 19.5 Å². The third-order valence-electron chi connectivity index (χ3n) is 3.92. The smallest absolute Gasteiger partial charge is 0.308 e. The van der Waals surface area contributed by atoms with Gasteiger partial charge in [0.15, 0.2) is 6.61 Å². The number of benzene rings is 2. The SMILES string of the molecule is Cc1cccc(CC(CNC(=O)c2ccccc2OCC(N)=O)C(=O)O)c1. The number of nitrogens with one attached hydrogen (secondary N) is 1. The summed E-state index contributed by atoms with van der Waals surface area (Å²) >= 11 is 0. The van der Waals surface area contributed by atoms with Gasteiger partial charge in [0.05, 0.1) is 11.5 Å². The Bertz CT molecular complexity index is 835. The molecule has 7 nitrogen and oxygen atoms in total. The molecule has 0 aliphatic rings. The molecule has 0 aliphatic heterocycles. The quantitative estimate of drug-likeness (QED) is 0.618. The topological polar surface area (TPSA) is 119 Å². The molecule has 0 spiro atoms. The Morgan fingerprint density at radius 2 is 1.89 bits per heavy atom. The molecule has 142 valence electrons. The highest BCUT2D eigenvalue weighted by Crippen LogP contribution is 2.18. The summed E-state index contributed by atoms with van der Waals surface area (Å²) in [5.41, 5.74) is 7.19. The minimum Gasteiger partial charge on any atom is -0.483 e. The molecule has 2 rings (SSSR count). The standard InChI is InChI=1S/C20H22N2O5/c1-13-5-4-6-14(9-13)10-15(20(25)26)11-22-19(24)16-7-2-3-8-17(16)27-12-18(21)23/h2-9,15H,10-12H2,1H3,(H2,21,23)(H,22,24)(H,25,26). The first-order valence-electron chi connectivity index (χ1n) is 8.43. The summed E-state index contributed by atoms with van der Waals surface area (Å²) in [6.45, 7) is 1.55. The third kappa shape index (κ3) is 6.14. The molecule has 7 heteroatoms. The molecule has 0 radical (unpaired) electrons. The second-order valence-corrected chi connectivity index (χ2v) is 6.19. The van der Waals surface area contributed by atoms with Crippen LogP contribution in [-0.2, 0) is 16.0 Å². The van der Waals surface area contributed by atoms with E-state index in [1.165, 1.54) is 6.07 Å². The maximum Gasteiger partial charge on any atom is 0.308 e. The van der Waals surface area contributed by atoms with Gasteiger partial charge < -0.3 is 20.9 Å². The zero-order valence-electron chi connectivity index (χ0n) is 15.0. The molecular formula is C20H22N2O5. The van der Waals surface area contributed by atoms with E-state index < -0.39 is 23.7 Å². The molecule has 0 heterocycles. The van der Waals surface area contributed by atoms with Gasteiger partial charge in [-0.15, -0.1) is 0 Å². The van der Waals surface area contributed by atoms with Gasteiger partial charge in [-0.25, -0.2) is 0 Å². The lowest BCUT2D eigenvalue weighted by atomic mass is 9.98. The molecular weight excluding hydrogens is 348 g/mol. The number of rotatable bonds is 9. The molecule has 2 aromatic rings. The summed E-state index contributed by atoms with van der Waals surface area (Å²) in [6.07, 6.45) is 0.303. The summed E-state index contributed by atoms with van der Waals surface area (Å²) in [5.74, 6) is -2.69. The summed E-state index contributed by atoms with van der Waals surface area (Å²) < 4.78 is 5.23. The van der Waals surface area contributed by atoms with Crippen molar-refractivity contribution in [3.8, 4) is 5.75 Å². The minimum atomic E-state index is -0.991. The van der Waals surface area contributed by atoms with Gasteiger partial charge in [0.1, 0.15) is 5.75 Å². The van der Waals surface area contributed by atoms with Crippen LogP contribution >= 0.6 is 0 Å². The number of carboxylic acids is 1. The van der Waals surface area contributed by atoms with Crippen molar-refractivity contribution in [2.24, 2.45) is 11.7 Å². The summed E-state index contributed by atoms with van der Waals surface area (Å²) in [5, 5.41) is 12.1. The van der Waals surface area contributed by atoms with E-state index in [1.807, 2.05) is 31.2 Å². The number of aryl methyl sites for hydroxylation is 1. The van der Waals surface area contributed by atoms with E-state index in [0.717, 1.165) is 11.1 Å². The maximum atomic E-state index is 12.4. The minimum absolute atomic E-state index is 0.0355. The van der Waals surface area contributed by atoms with E-state index in [1.54, 1.807) is 18.2 Å². The lowest BCUT2D eigenvalue weighted by molar-refractivity contribution is -0.141. The van der Waals surface area contributed by atoms with E-state index in [2.05, 4.69) is 5.32 Å².